The minimum absolute atomic E-state index is 0.198. The summed E-state index contributed by atoms with van der Waals surface area (Å²) < 4.78 is 5.60. The van der Waals surface area contributed by atoms with Crippen molar-refractivity contribution in [2.45, 2.75) is 26.9 Å². The number of thiazole rings is 1. The first-order valence-electron chi connectivity index (χ1n) is 6.01. The molecule has 0 aliphatic heterocycles. The number of nitrogens with one attached hydrogen (secondary N) is 1. The van der Waals surface area contributed by atoms with Crippen LogP contribution < -0.4 is 10.1 Å². The molecule has 1 amide bonds. The quantitative estimate of drug-likeness (QED) is 0.933. The summed E-state index contributed by atoms with van der Waals surface area (Å²) in [5, 5.41) is 3.34. The van der Waals surface area contributed by atoms with E-state index in [1.165, 1.54) is 11.3 Å². The molecule has 1 aromatic heterocycles. The van der Waals surface area contributed by atoms with Crippen LogP contribution in [0.3, 0.4) is 0 Å². The number of nitrogens with zero attached hydrogens (tertiary/aromatic N) is 1. The topological polar surface area (TPSA) is 51.2 Å². The molecule has 1 aromatic carbocycles. The van der Waals surface area contributed by atoms with Crippen molar-refractivity contribution in [2.75, 3.05) is 5.32 Å². The molecule has 0 bridgehead atoms. The zero-order valence-corrected chi connectivity index (χ0v) is 12.0. The van der Waals surface area contributed by atoms with Gasteiger partial charge in [0.05, 0.1) is 0 Å². The largest absolute Gasteiger partial charge is 0.481 e. The van der Waals surface area contributed by atoms with Gasteiger partial charge in [0.2, 0.25) is 0 Å². The summed E-state index contributed by atoms with van der Waals surface area (Å²) in [6.07, 6.45) is 1.16. The van der Waals surface area contributed by atoms with Gasteiger partial charge in [0, 0.05) is 11.1 Å². The summed E-state index contributed by atoms with van der Waals surface area (Å²) in [4.78, 5) is 17.1. The molecule has 4 nitrogen and oxygen atoms in total. The highest BCUT2D eigenvalue weighted by atomic mass is 32.1. The zero-order valence-electron chi connectivity index (χ0n) is 11.1. The monoisotopic (exact) mass is 276 g/mol. The van der Waals surface area contributed by atoms with Crippen LogP contribution in [-0.4, -0.2) is 17.0 Å². The number of hydrogen-bond acceptors (Lipinski definition) is 4. The number of hydrogen-bond donors (Lipinski definition) is 1. The smallest absolute Gasteiger partial charge is 0.266 e. The van der Waals surface area contributed by atoms with Crippen LogP contribution in [0.4, 0.5) is 5.13 Å². The Kier molecular flexibility index (Phi) is 4.16. The van der Waals surface area contributed by atoms with E-state index >= 15 is 0 Å². The van der Waals surface area contributed by atoms with Crippen molar-refractivity contribution in [2.24, 2.45) is 0 Å². The number of carbonyl (C=O) groups is 1. The number of carbonyl (C=O) groups excluding carboxylic acids is 1. The van der Waals surface area contributed by atoms with Crippen molar-refractivity contribution in [1.82, 2.24) is 4.98 Å². The van der Waals surface area contributed by atoms with Crippen molar-refractivity contribution in [3.05, 3.63) is 40.9 Å². The lowest BCUT2D eigenvalue weighted by atomic mass is 10.2. The molecule has 0 fully saturated rings. The normalized spacial score (nSPS) is 11.9. The SMILES string of the molecule is Cc1cccc(O[C@H](C)C(=O)Nc2ncc(C)s2)c1. The maximum absolute atomic E-state index is 11.9. The second kappa shape index (κ2) is 5.84. The third kappa shape index (κ3) is 3.79. The Bertz CT molecular complexity index is 580. The van der Waals surface area contributed by atoms with Gasteiger partial charge in [-0.05, 0) is 38.5 Å². The van der Waals surface area contributed by atoms with Gasteiger partial charge in [0.1, 0.15) is 5.75 Å². The van der Waals surface area contributed by atoms with Crippen LogP contribution in [0, 0.1) is 13.8 Å². The molecule has 0 unspecified atom stereocenters. The highest BCUT2D eigenvalue weighted by molar-refractivity contribution is 7.15. The molecule has 19 heavy (non-hydrogen) atoms. The van der Waals surface area contributed by atoms with Gasteiger partial charge in [-0.3, -0.25) is 10.1 Å². The van der Waals surface area contributed by atoms with E-state index in [0.717, 1.165) is 10.4 Å². The predicted molar refractivity (Wildman–Crippen MR) is 76.7 cm³/mol. The fourth-order valence-corrected chi connectivity index (χ4v) is 2.23. The van der Waals surface area contributed by atoms with Crippen LogP contribution in [0.1, 0.15) is 17.4 Å². The second-order valence-electron chi connectivity index (χ2n) is 4.34. The van der Waals surface area contributed by atoms with Gasteiger partial charge in [-0.1, -0.05) is 12.1 Å². The number of aryl methyl sites for hydroxylation is 2. The third-order valence-corrected chi connectivity index (χ3v) is 3.35. The summed E-state index contributed by atoms with van der Waals surface area (Å²) in [7, 11) is 0. The zero-order chi connectivity index (χ0) is 13.8. The van der Waals surface area contributed by atoms with Crippen LogP contribution in [0.15, 0.2) is 30.5 Å². The van der Waals surface area contributed by atoms with Crippen LogP contribution in [0.2, 0.25) is 0 Å². The fourth-order valence-electron chi connectivity index (χ4n) is 1.57. The van der Waals surface area contributed by atoms with Crippen molar-refractivity contribution >= 4 is 22.4 Å². The molecule has 0 aliphatic carbocycles. The molecule has 0 saturated carbocycles. The van der Waals surface area contributed by atoms with Crippen LogP contribution >= 0.6 is 11.3 Å². The van der Waals surface area contributed by atoms with Crippen molar-refractivity contribution < 1.29 is 9.53 Å². The number of rotatable bonds is 4. The average Bonchev–Trinajstić information content (AvgIpc) is 2.74. The minimum atomic E-state index is -0.564. The molecule has 1 heterocycles. The van der Waals surface area contributed by atoms with E-state index in [1.807, 2.05) is 38.1 Å². The second-order valence-corrected chi connectivity index (χ2v) is 5.58. The van der Waals surface area contributed by atoms with Gasteiger partial charge in [-0.15, -0.1) is 11.3 Å². The Morgan fingerprint density at radius 3 is 2.84 bits per heavy atom. The first kappa shape index (κ1) is 13.5. The number of ether oxygens (including phenoxy) is 1. The molecule has 1 atom stereocenters. The summed E-state index contributed by atoms with van der Waals surface area (Å²) in [5.41, 5.74) is 1.10. The van der Waals surface area contributed by atoms with E-state index in [9.17, 15) is 4.79 Å². The molecule has 0 radical (unpaired) electrons. The van der Waals surface area contributed by atoms with E-state index < -0.39 is 6.10 Å². The van der Waals surface area contributed by atoms with Gasteiger partial charge in [0.15, 0.2) is 11.2 Å². The molecular formula is C14H16N2O2S. The van der Waals surface area contributed by atoms with E-state index in [0.29, 0.717) is 10.9 Å². The molecule has 100 valence electrons. The maximum Gasteiger partial charge on any atom is 0.266 e. The molecule has 0 spiro atoms. The highest BCUT2D eigenvalue weighted by Crippen LogP contribution is 2.18. The molecule has 2 aromatic rings. The first-order chi connectivity index (χ1) is 9.04. The molecule has 0 aliphatic rings. The van der Waals surface area contributed by atoms with Gasteiger partial charge < -0.3 is 4.74 Å². The summed E-state index contributed by atoms with van der Waals surface area (Å²) in [5.74, 6) is 0.494. The van der Waals surface area contributed by atoms with Crippen molar-refractivity contribution in [3.63, 3.8) is 0 Å². The van der Waals surface area contributed by atoms with Crippen molar-refractivity contribution in [1.29, 1.82) is 0 Å². The lowest BCUT2D eigenvalue weighted by Gasteiger charge is -2.13. The Morgan fingerprint density at radius 1 is 1.42 bits per heavy atom. The standard InChI is InChI=1S/C14H16N2O2S/c1-9-5-4-6-12(7-9)18-11(3)13(17)16-14-15-8-10(2)19-14/h4-8,11H,1-3H3,(H,15,16,17)/t11-/m1/s1. The van der Waals surface area contributed by atoms with Gasteiger partial charge in [-0.2, -0.15) is 0 Å². The molecule has 5 heteroatoms. The highest BCUT2D eigenvalue weighted by Gasteiger charge is 2.16. The Labute approximate surface area is 116 Å². The maximum atomic E-state index is 11.9. The van der Waals surface area contributed by atoms with Gasteiger partial charge >= 0.3 is 0 Å². The summed E-state index contributed by atoms with van der Waals surface area (Å²) in [6.45, 7) is 5.65. The molecule has 2 rings (SSSR count). The van der Waals surface area contributed by atoms with Crippen LogP contribution in [-0.2, 0) is 4.79 Å². The Morgan fingerprint density at radius 2 is 2.21 bits per heavy atom. The molecular weight excluding hydrogens is 260 g/mol. The van der Waals surface area contributed by atoms with Crippen molar-refractivity contribution in [3.8, 4) is 5.75 Å². The number of aromatic nitrogens is 1. The Balaban J connectivity index is 1.96. The van der Waals surface area contributed by atoms with Crippen LogP contribution in [0.25, 0.3) is 0 Å². The molecule has 0 saturated heterocycles. The first-order valence-corrected chi connectivity index (χ1v) is 6.83. The molecule has 1 N–H and O–H groups in total. The average molecular weight is 276 g/mol. The van der Waals surface area contributed by atoms with E-state index in [1.54, 1.807) is 13.1 Å². The van der Waals surface area contributed by atoms with Gasteiger partial charge in [-0.25, -0.2) is 4.98 Å². The fraction of sp³-hybridized carbons (Fsp3) is 0.286. The van der Waals surface area contributed by atoms with E-state index in [2.05, 4.69) is 10.3 Å². The minimum Gasteiger partial charge on any atom is -0.481 e. The summed E-state index contributed by atoms with van der Waals surface area (Å²) >= 11 is 1.44. The number of benzene rings is 1. The number of anilines is 1. The predicted octanol–water partition coefficient (Wildman–Crippen LogP) is 3.17. The van der Waals surface area contributed by atoms with Crippen LogP contribution in [0.5, 0.6) is 5.75 Å². The Hall–Kier alpha value is -1.88. The lowest BCUT2D eigenvalue weighted by molar-refractivity contribution is -0.122. The lowest BCUT2D eigenvalue weighted by Crippen LogP contribution is -2.30. The third-order valence-electron chi connectivity index (χ3n) is 2.52. The van der Waals surface area contributed by atoms with E-state index in [4.69, 9.17) is 4.74 Å². The van der Waals surface area contributed by atoms with Gasteiger partial charge in [0.25, 0.3) is 5.91 Å². The number of amides is 1. The van der Waals surface area contributed by atoms with E-state index in [-0.39, 0.29) is 5.91 Å². The summed E-state index contributed by atoms with van der Waals surface area (Å²) in [6, 6.07) is 7.62.